The van der Waals surface area contributed by atoms with E-state index in [1.807, 2.05) is 0 Å². The van der Waals surface area contributed by atoms with E-state index < -0.39 is 12.2 Å². The van der Waals surface area contributed by atoms with E-state index >= 15 is 0 Å². The summed E-state index contributed by atoms with van der Waals surface area (Å²) in [5.74, 6) is 0. The van der Waals surface area contributed by atoms with Crippen LogP contribution in [0.3, 0.4) is 0 Å². The number of aliphatic hydroxyl groups excluding tert-OH is 2. The average molecular weight is 236 g/mol. The molecule has 0 radical (unpaired) electrons. The van der Waals surface area contributed by atoms with Gasteiger partial charge in [0.2, 0.25) is 0 Å². The van der Waals surface area contributed by atoms with Crippen LogP contribution in [-0.2, 0) is 4.74 Å². The molecule has 2 aromatic rings. The van der Waals surface area contributed by atoms with Crippen LogP contribution in [0.2, 0.25) is 0 Å². The van der Waals surface area contributed by atoms with Crippen LogP contribution >= 0.6 is 0 Å². The first kappa shape index (κ1) is 10.6. The van der Waals surface area contributed by atoms with Crippen LogP contribution in [0.25, 0.3) is 11.2 Å². The topological polar surface area (TPSA) is 93.3 Å². The Balaban J connectivity index is 1.95. The molecule has 3 atom stereocenters. The molecule has 0 aromatic carbocycles. The van der Waals surface area contributed by atoms with Crippen LogP contribution in [0, 0.1) is 0 Å². The fourth-order valence-electron chi connectivity index (χ4n) is 2.05. The SMILES string of the molecule is OC[C@@H]1OC(n2cnc3cncnc32)C[C@H]1O. The van der Waals surface area contributed by atoms with Crippen LogP contribution < -0.4 is 0 Å². The molecular formula is C10H12N4O3. The zero-order chi connectivity index (χ0) is 11.8. The Hall–Kier alpha value is -1.57. The van der Waals surface area contributed by atoms with Crippen molar-refractivity contribution in [3.8, 4) is 0 Å². The van der Waals surface area contributed by atoms with Crippen molar-refractivity contribution in [1.82, 2.24) is 19.5 Å². The number of aromatic nitrogens is 4. The molecule has 0 bridgehead atoms. The van der Waals surface area contributed by atoms with Gasteiger partial charge >= 0.3 is 0 Å². The maximum atomic E-state index is 9.68. The predicted molar refractivity (Wildman–Crippen MR) is 56.9 cm³/mol. The quantitative estimate of drug-likeness (QED) is 0.728. The molecule has 7 heteroatoms. The van der Waals surface area contributed by atoms with Crippen LogP contribution in [0.4, 0.5) is 0 Å². The summed E-state index contributed by atoms with van der Waals surface area (Å²) >= 11 is 0. The number of ether oxygens (including phenoxy) is 1. The van der Waals surface area contributed by atoms with Gasteiger partial charge in [-0.1, -0.05) is 0 Å². The number of imidazole rings is 1. The van der Waals surface area contributed by atoms with Gasteiger partial charge in [-0.2, -0.15) is 0 Å². The molecule has 1 fully saturated rings. The van der Waals surface area contributed by atoms with E-state index in [-0.39, 0.29) is 12.8 Å². The summed E-state index contributed by atoms with van der Waals surface area (Å²) in [4.78, 5) is 12.2. The van der Waals surface area contributed by atoms with E-state index in [1.165, 1.54) is 6.33 Å². The number of rotatable bonds is 2. The number of nitrogens with zero attached hydrogens (tertiary/aromatic N) is 4. The number of aliphatic hydroxyl groups is 2. The standard InChI is InChI=1S/C10H12N4O3/c15-3-8-7(16)1-9(17-8)14-5-13-6-2-11-4-12-10(6)14/h2,4-5,7-9,15-16H,1,3H2/t7-,8+,9?/m1/s1. The first-order valence-corrected chi connectivity index (χ1v) is 5.36. The molecular weight excluding hydrogens is 224 g/mol. The van der Waals surface area contributed by atoms with Gasteiger partial charge in [0.15, 0.2) is 5.65 Å². The van der Waals surface area contributed by atoms with Crippen molar-refractivity contribution in [3.05, 3.63) is 18.9 Å². The highest BCUT2D eigenvalue weighted by Crippen LogP contribution is 2.30. The molecule has 1 aliphatic rings. The van der Waals surface area contributed by atoms with Gasteiger partial charge in [0.25, 0.3) is 0 Å². The van der Waals surface area contributed by atoms with E-state index in [0.29, 0.717) is 17.6 Å². The van der Waals surface area contributed by atoms with E-state index in [1.54, 1.807) is 17.1 Å². The van der Waals surface area contributed by atoms with E-state index in [4.69, 9.17) is 9.84 Å². The van der Waals surface area contributed by atoms with Crippen molar-refractivity contribution < 1.29 is 14.9 Å². The smallest absolute Gasteiger partial charge is 0.165 e. The van der Waals surface area contributed by atoms with Gasteiger partial charge in [0.1, 0.15) is 24.2 Å². The fourth-order valence-corrected chi connectivity index (χ4v) is 2.05. The maximum absolute atomic E-state index is 9.68. The molecule has 0 amide bonds. The summed E-state index contributed by atoms with van der Waals surface area (Å²) in [6.07, 6.45) is 3.53. The fraction of sp³-hybridized carbons (Fsp3) is 0.500. The zero-order valence-electron chi connectivity index (χ0n) is 8.97. The van der Waals surface area contributed by atoms with Gasteiger partial charge in [0.05, 0.1) is 25.2 Å². The molecule has 17 heavy (non-hydrogen) atoms. The van der Waals surface area contributed by atoms with Gasteiger partial charge in [-0.25, -0.2) is 15.0 Å². The Morgan fingerprint density at radius 2 is 2.35 bits per heavy atom. The predicted octanol–water partition coefficient (Wildman–Crippen LogP) is -0.533. The Morgan fingerprint density at radius 1 is 1.47 bits per heavy atom. The highest BCUT2D eigenvalue weighted by molar-refractivity contribution is 5.68. The molecule has 7 nitrogen and oxygen atoms in total. The first-order valence-electron chi connectivity index (χ1n) is 5.36. The molecule has 2 N–H and O–H groups in total. The van der Waals surface area contributed by atoms with Gasteiger partial charge in [-0.15, -0.1) is 0 Å². The number of hydrogen-bond acceptors (Lipinski definition) is 6. The van der Waals surface area contributed by atoms with Crippen LogP contribution in [0.1, 0.15) is 12.6 Å². The second kappa shape index (κ2) is 4.02. The molecule has 2 aromatic heterocycles. The van der Waals surface area contributed by atoms with Crippen molar-refractivity contribution in [2.45, 2.75) is 24.9 Å². The van der Waals surface area contributed by atoms with Crippen LogP contribution in [0.15, 0.2) is 18.9 Å². The largest absolute Gasteiger partial charge is 0.394 e. The number of hydrogen-bond donors (Lipinski definition) is 2. The summed E-state index contributed by atoms with van der Waals surface area (Å²) < 4.78 is 7.28. The zero-order valence-corrected chi connectivity index (χ0v) is 8.97. The van der Waals surface area contributed by atoms with Gasteiger partial charge in [-0.05, 0) is 0 Å². The Bertz CT molecular complexity index is 529. The Kier molecular flexibility index (Phi) is 2.50. The van der Waals surface area contributed by atoms with E-state index in [0.717, 1.165) is 0 Å². The van der Waals surface area contributed by atoms with Crippen LogP contribution in [-0.4, -0.2) is 48.5 Å². The molecule has 0 spiro atoms. The lowest BCUT2D eigenvalue weighted by Crippen LogP contribution is -2.24. The van der Waals surface area contributed by atoms with E-state index in [9.17, 15) is 5.11 Å². The van der Waals surface area contributed by atoms with Crippen molar-refractivity contribution in [2.24, 2.45) is 0 Å². The molecule has 0 saturated carbocycles. The minimum absolute atomic E-state index is 0.195. The van der Waals surface area contributed by atoms with Gasteiger partial charge in [-0.3, -0.25) is 4.57 Å². The lowest BCUT2D eigenvalue weighted by molar-refractivity contribution is -0.0432. The lowest BCUT2D eigenvalue weighted by atomic mass is 10.2. The third-order valence-electron chi connectivity index (χ3n) is 2.93. The summed E-state index contributed by atoms with van der Waals surface area (Å²) in [5.41, 5.74) is 1.34. The molecule has 0 aliphatic carbocycles. The summed E-state index contributed by atoms with van der Waals surface area (Å²) in [7, 11) is 0. The monoisotopic (exact) mass is 236 g/mol. The molecule has 90 valence electrons. The minimum atomic E-state index is -0.663. The average Bonchev–Trinajstić information content (AvgIpc) is 2.92. The Labute approximate surface area is 96.7 Å². The van der Waals surface area contributed by atoms with Gasteiger partial charge in [0, 0.05) is 6.42 Å². The molecule has 1 aliphatic heterocycles. The third-order valence-corrected chi connectivity index (χ3v) is 2.93. The maximum Gasteiger partial charge on any atom is 0.165 e. The van der Waals surface area contributed by atoms with Crippen molar-refractivity contribution in [3.63, 3.8) is 0 Å². The van der Waals surface area contributed by atoms with Crippen molar-refractivity contribution in [1.29, 1.82) is 0 Å². The van der Waals surface area contributed by atoms with Crippen molar-refractivity contribution in [2.75, 3.05) is 6.61 Å². The third kappa shape index (κ3) is 1.68. The number of fused-ring (bicyclic) bond motifs is 1. The second-order valence-electron chi connectivity index (χ2n) is 4.00. The van der Waals surface area contributed by atoms with Crippen LogP contribution in [0.5, 0.6) is 0 Å². The normalized spacial score (nSPS) is 28.9. The molecule has 1 saturated heterocycles. The first-order chi connectivity index (χ1) is 8.29. The second-order valence-corrected chi connectivity index (χ2v) is 4.00. The molecule has 3 rings (SSSR count). The highest BCUT2D eigenvalue weighted by Gasteiger charge is 2.35. The lowest BCUT2D eigenvalue weighted by Gasteiger charge is -2.13. The highest BCUT2D eigenvalue weighted by atomic mass is 16.5. The molecule has 1 unspecified atom stereocenters. The molecule has 3 heterocycles. The summed E-state index contributed by atoms with van der Waals surface area (Å²) in [6, 6.07) is 0. The minimum Gasteiger partial charge on any atom is -0.394 e. The summed E-state index contributed by atoms with van der Waals surface area (Å²) in [6.45, 7) is -0.195. The van der Waals surface area contributed by atoms with E-state index in [2.05, 4.69) is 15.0 Å². The van der Waals surface area contributed by atoms with Crippen molar-refractivity contribution >= 4 is 11.2 Å². The summed E-state index contributed by atoms with van der Waals surface area (Å²) in [5, 5.41) is 18.7. The van der Waals surface area contributed by atoms with Gasteiger partial charge < -0.3 is 14.9 Å². The Morgan fingerprint density at radius 3 is 3.12 bits per heavy atom.